The number of hydrogen-bond acceptors (Lipinski definition) is 4. The summed E-state index contributed by atoms with van der Waals surface area (Å²) in [5, 5.41) is 0. The fraction of sp³-hybridized carbons (Fsp3) is 0.533. The molecule has 0 aromatic heterocycles. The van der Waals surface area contributed by atoms with Gasteiger partial charge in [0.1, 0.15) is 0 Å². The van der Waals surface area contributed by atoms with Gasteiger partial charge in [0.25, 0.3) is 0 Å². The number of benzene rings is 1. The summed E-state index contributed by atoms with van der Waals surface area (Å²) < 4.78 is 11.2. The zero-order valence-electron chi connectivity index (χ0n) is 11.5. The Hall–Kier alpha value is -1.55. The summed E-state index contributed by atoms with van der Waals surface area (Å²) in [6.07, 6.45) is 0.857. The standard InChI is InChI=1S/C15H21NO3/c1-10(2)12(9-16)15(17)11-4-5-13-14(8-11)19-7-3-6-18-13/h4-5,8,10,12H,3,6-7,9,16H2,1-2H3. The van der Waals surface area contributed by atoms with Crippen molar-refractivity contribution in [1.29, 1.82) is 0 Å². The van der Waals surface area contributed by atoms with Crippen molar-refractivity contribution in [2.24, 2.45) is 17.6 Å². The highest BCUT2D eigenvalue weighted by Crippen LogP contribution is 2.31. The molecule has 4 nitrogen and oxygen atoms in total. The molecular formula is C15H21NO3. The van der Waals surface area contributed by atoms with Crippen LogP contribution in [0.5, 0.6) is 11.5 Å². The van der Waals surface area contributed by atoms with E-state index in [0.29, 0.717) is 36.8 Å². The largest absolute Gasteiger partial charge is 0.490 e. The highest BCUT2D eigenvalue weighted by Gasteiger charge is 2.23. The van der Waals surface area contributed by atoms with Crippen LogP contribution in [-0.4, -0.2) is 25.5 Å². The van der Waals surface area contributed by atoms with Gasteiger partial charge >= 0.3 is 0 Å². The summed E-state index contributed by atoms with van der Waals surface area (Å²) in [5.74, 6) is 1.53. The number of rotatable bonds is 4. The van der Waals surface area contributed by atoms with E-state index < -0.39 is 0 Å². The number of ether oxygens (including phenoxy) is 2. The van der Waals surface area contributed by atoms with Crippen molar-refractivity contribution >= 4 is 5.78 Å². The molecule has 0 amide bonds. The molecule has 0 saturated carbocycles. The zero-order valence-corrected chi connectivity index (χ0v) is 11.5. The second kappa shape index (κ2) is 6.06. The average Bonchev–Trinajstić information content (AvgIpc) is 2.63. The van der Waals surface area contributed by atoms with Crippen molar-refractivity contribution in [3.63, 3.8) is 0 Å². The fourth-order valence-electron chi connectivity index (χ4n) is 2.21. The van der Waals surface area contributed by atoms with E-state index in [1.54, 1.807) is 12.1 Å². The molecule has 1 aliphatic rings. The van der Waals surface area contributed by atoms with Crippen LogP contribution in [0.3, 0.4) is 0 Å². The number of Topliss-reactive ketones (excluding diaryl/α,β-unsaturated/α-hetero) is 1. The Balaban J connectivity index is 2.26. The summed E-state index contributed by atoms with van der Waals surface area (Å²) in [6.45, 7) is 5.66. The summed E-state index contributed by atoms with van der Waals surface area (Å²) >= 11 is 0. The number of fused-ring (bicyclic) bond motifs is 1. The second-order valence-electron chi connectivity index (χ2n) is 5.16. The number of nitrogens with two attached hydrogens (primary N) is 1. The van der Waals surface area contributed by atoms with Gasteiger partial charge in [-0.05, 0) is 24.1 Å². The maximum atomic E-state index is 12.4. The second-order valence-corrected chi connectivity index (χ2v) is 5.16. The monoisotopic (exact) mass is 263 g/mol. The van der Waals surface area contributed by atoms with Crippen LogP contribution in [0.15, 0.2) is 18.2 Å². The summed E-state index contributed by atoms with van der Waals surface area (Å²) in [7, 11) is 0. The molecule has 0 spiro atoms. The maximum Gasteiger partial charge on any atom is 0.167 e. The molecule has 19 heavy (non-hydrogen) atoms. The van der Waals surface area contributed by atoms with E-state index in [2.05, 4.69) is 0 Å². The first-order valence-corrected chi connectivity index (χ1v) is 6.77. The lowest BCUT2D eigenvalue weighted by molar-refractivity contribution is 0.0891. The van der Waals surface area contributed by atoms with E-state index in [9.17, 15) is 4.79 Å². The molecule has 1 unspecified atom stereocenters. The third-order valence-electron chi connectivity index (χ3n) is 3.43. The minimum Gasteiger partial charge on any atom is -0.490 e. The normalized spacial score (nSPS) is 16.0. The van der Waals surface area contributed by atoms with Gasteiger partial charge in [0.15, 0.2) is 17.3 Å². The van der Waals surface area contributed by atoms with Crippen LogP contribution < -0.4 is 15.2 Å². The Morgan fingerprint density at radius 2 is 1.95 bits per heavy atom. The molecule has 0 saturated heterocycles. The maximum absolute atomic E-state index is 12.4. The van der Waals surface area contributed by atoms with Crippen LogP contribution in [-0.2, 0) is 0 Å². The molecule has 0 aliphatic carbocycles. The predicted molar refractivity (Wildman–Crippen MR) is 73.8 cm³/mol. The fourth-order valence-corrected chi connectivity index (χ4v) is 2.21. The van der Waals surface area contributed by atoms with Crippen molar-refractivity contribution in [2.75, 3.05) is 19.8 Å². The summed E-state index contributed by atoms with van der Waals surface area (Å²) in [6, 6.07) is 5.37. The molecule has 4 heteroatoms. The van der Waals surface area contributed by atoms with Gasteiger partial charge in [-0.25, -0.2) is 0 Å². The minimum atomic E-state index is -0.148. The van der Waals surface area contributed by atoms with E-state index in [0.717, 1.165) is 6.42 Å². The first-order valence-electron chi connectivity index (χ1n) is 6.77. The van der Waals surface area contributed by atoms with Crippen LogP contribution in [0.2, 0.25) is 0 Å². The Kier molecular flexibility index (Phi) is 4.43. The first-order chi connectivity index (χ1) is 9.13. The highest BCUT2D eigenvalue weighted by molar-refractivity contribution is 5.98. The van der Waals surface area contributed by atoms with Gasteiger partial charge in [0.05, 0.1) is 13.2 Å². The quantitative estimate of drug-likeness (QED) is 0.846. The van der Waals surface area contributed by atoms with Gasteiger partial charge in [-0.15, -0.1) is 0 Å². The zero-order chi connectivity index (χ0) is 13.8. The third kappa shape index (κ3) is 3.07. The van der Waals surface area contributed by atoms with Crippen LogP contribution in [0.1, 0.15) is 30.6 Å². The SMILES string of the molecule is CC(C)C(CN)C(=O)c1ccc2c(c1)OCCCO2. The van der Waals surface area contributed by atoms with E-state index in [1.165, 1.54) is 0 Å². The first kappa shape index (κ1) is 13.9. The third-order valence-corrected chi connectivity index (χ3v) is 3.43. The van der Waals surface area contributed by atoms with Gasteiger partial charge in [-0.1, -0.05) is 13.8 Å². The molecule has 0 fully saturated rings. The van der Waals surface area contributed by atoms with Gasteiger partial charge in [-0.3, -0.25) is 4.79 Å². The van der Waals surface area contributed by atoms with Crippen molar-refractivity contribution in [1.82, 2.24) is 0 Å². The Labute approximate surface area is 113 Å². The van der Waals surface area contributed by atoms with Crippen molar-refractivity contribution in [3.05, 3.63) is 23.8 Å². The van der Waals surface area contributed by atoms with Crippen LogP contribution in [0, 0.1) is 11.8 Å². The number of carbonyl (C=O) groups excluding carboxylic acids is 1. The van der Waals surface area contributed by atoms with Crippen molar-refractivity contribution in [3.8, 4) is 11.5 Å². The van der Waals surface area contributed by atoms with E-state index in [-0.39, 0.29) is 17.6 Å². The van der Waals surface area contributed by atoms with Gasteiger partial charge in [-0.2, -0.15) is 0 Å². The van der Waals surface area contributed by atoms with Gasteiger partial charge in [0, 0.05) is 24.4 Å². The molecule has 2 rings (SSSR count). The minimum absolute atomic E-state index is 0.0770. The lowest BCUT2D eigenvalue weighted by atomic mass is 9.88. The van der Waals surface area contributed by atoms with Gasteiger partial charge < -0.3 is 15.2 Å². The number of hydrogen-bond donors (Lipinski definition) is 1. The van der Waals surface area contributed by atoms with Gasteiger partial charge in [0.2, 0.25) is 0 Å². The molecule has 0 bridgehead atoms. The van der Waals surface area contributed by atoms with Crippen molar-refractivity contribution in [2.45, 2.75) is 20.3 Å². The Morgan fingerprint density at radius 3 is 2.58 bits per heavy atom. The molecule has 1 aromatic carbocycles. The Morgan fingerprint density at radius 1 is 1.26 bits per heavy atom. The summed E-state index contributed by atoms with van der Waals surface area (Å²) in [4.78, 5) is 12.4. The predicted octanol–water partition coefficient (Wildman–Crippen LogP) is 2.26. The molecule has 104 valence electrons. The Bertz CT molecular complexity index is 457. The van der Waals surface area contributed by atoms with E-state index >= 15 is 0 Å². The number of ketones is 1. The lowest BCUT2D eigenvalue weighted by Crippen LogP contribution is -2.28. The molecular weight excluding hydrogens is 242 g/mol. The molecule has 1 atom stereocenters. The number of carbonyl (C=O) groups is 1. The lowest BCUT2D eigenvalue weighted by Gasteiger charge is -2.18. The van der Waals surface area contributed by atoms with E-state index in [1.807, 2.05) is 19.9 Å². The molecule has 1 heterocycles. The molecule has 1 aromatic rings. The van der Waals surface area contributed by atoms with Crippen LogP contribution in [0.25, 0.3) is 0 Å². The van der Waals surface area contributed by atoms with E-state index in [4.69, 9.17) is 15.2 Å². The molecule has 2 N–H and O–H groups in total. The van der Waals surface area contributed by atoms with Crippen molar-refractivity contribution < 1.29 is 14.3 Å². The molecule has 0 radical (unpaired) electrons. The van der Waals surface area contributed by atoms with Crippen LogP contribution in [0.4, 0.5) is 0 Å². The summed E-state index contributed by atoms with van der Waals surface area (Å²) in [5.41, 5.74) is 6.34. The highest BCUT2D eigenvalue weighted by atomic mass is 16.5. The average molecular weight is 263 g/mol. The smallest absolute Gasteiger partial charge is 0.167 e. The molecule has 1 aliphatic heterocycles. The topological polar surface area (TPSA) is 61.6 Å². The van der Waals surface area contributed by atoms with Crippen LogP contribution >= 0.6 is 0 Å².